The summed E-state index contributed by atoms with van der Waals surface area (Å²) >= 11 is 3.08. The highest BCUT2D eigenvalue weighted by molar-refractivity contribution is 7.13. The van der Waals surface area contributed by atoms with Gasteiger partial charge in [0, 0.05) is 30.0 Å². The Morgan fingerprint density at radius 2 is 2.17 bits per heavy atom. The topological polar surface area (TPSA) is 86.9 Å². The first kappa shape index (κ1) is 16.4. The lowest BCUT2D eigenvalue weighted by molar-refractivity contribution is -0.116. The molecule has 0 aliphatic rings. The van der Waals surface area contributed by atoms with Gasteiger partial charge in [-0.05, 0) is 29.3 Å². The monoisotopic (exact) mass is 360 g/mol. The number of carbonyl (C=O) groups excluding carboxylic acids is 2. The second-order valence-corrected chi connectivity index (χ2v) is 6.79. The third-order valence-electron chi connectivity index (χ3n) is 3.28. The Hall–Kier alpha value is -2.45. The van der Waals surface area contributed by atoms with Crippen LogP contribution in [-0.2, 0) is 4.79 Å². The number of thiophene rings is 2. The molecule has 0 saturated heterocycles. The van der Waals surface area contributed by atoms with E-state index in [4.69, 9.17) is 0 Å². The summed E-state index contributed by atoms with van der Waals surface area (Å²) in [5, 5.41) is 18.2. The number of aromatic amines is 1. The van der Waals surface area contributed by atoms with E-state index < -0.39 is 0 Å². The van der Waals surface area contributed by atoms with Gasteiger partial charge in [0.15, 0.2) is 5.82 Å². The molecule has 24 heavy (non-hydrogen) atoms. The van der Waals surface area contributed by atoms with E-state index in [0.29, 0.717) is 30.8 Å². The summed E-state index contributed by atoms with van der Waals surface area (Å²) in [6.45, 7) is 0.461. The molecule has 0 bridgehead atoms. The molecule has 6 nitrogen and oxygen atoms in total. The van der Waals surface area contributed by atoms with Gasteiger partial charge in [0.1, 0.15) is 0 Å². The first-order chi connectivity index (χ1) is 11.7. The van der Waals surface area contributed by atoms with Crippen molar-refractivity contribution < 1.29 is 9.59 Å². The third-order valence-corrected chi connectivity index (χ3v) is 4.87. The number of nitrogens with one attached hydrogen (secondary N) is 3. The summed E-state index contributed by atoms with van der Waals surface area (Å²) in [5.74, 6) is 0.277. The molecule has 3 rings (SSSR count). The van der Waals surface area contributed by atoms with E-state index in [1.807, 2.05) is 29.0 Å². The second-order valence-electron chi connectivity index (χ2n) is 5.06. The van der Waals surface area contributed by atoms with E-state index in [2.05, 4.69) is 20.8 Å². The molecule has 3 heterocycles. The maximum atomic E-state index is 11.9. The number of anilines is 1. The van der Waals surface area contributed by atoms with Gasteiger partial charge < -0.3 is 10.6 Å². The lowest BCUT2D eigenvalue weighted by Gasteiger charge is -2.04. The third kappa shape index (κ3) is 4.30. The number of hydrogen-bond acceptors (Lipinski definition) is 5. The zero-order valence-electron chi connectivity index (χ0n) is 12.7. The Labute approximate surface area is 146 Å². The number of nitrogens with zero attached hydrogens (tertiary/aromatic N) is 1. The average Bonchev–Trinajstić information content (AvgIpc) is 3.32. The molecule has 0 aromatic carbocycles. The van der Waals surface area contributed by atoms with Gasteiger partial charge >= 0.3 is 0 Å². The molecule has 0 unspecified atom stereocenters. The van der Waals surface area contributed by atoms with Gasteiger partial charge in [-0.2, -0.15) is 16.4 Å². The number of hydrogen-bond donors (Lipinski definition) is 3. The van der Waals surface area contributed by atoms with Crippen LogP contribution in [0.2, 0.25) is 0 Å². The molecule has 0 aliphatic carbocycles. The van der Waals surface area contributed by atoms with Crippen molar-refractivity contribution in [2.24, 2.45) is 0 Å². The standard InChI is InChI=1S/C16H16N4O2S2/c21-15(4-1-6-17-16(22)11-5-8-23-10-11)18-14-9-12(19-20-14)13-3-2-7-24-13/h2-3,5,7-10H,1,4,6H2,(H,17,22)(H2,18,19,20,21). The molecule has 3 N–H and O–H groups in total. The van der Waals surface area contributed by atoms with Crippen LogP contribution in [0.25, 0.3) is 10.6 Å². The predicted octanol–water partition coefficient (Wildman–Crippen LogP) is 3.35. The largest absolute Gasteiger partial charge is 0.352 e. The molecule has 0 saturated carbocycles. The van der Waals surface area contributed by atoms with Crippen molar-refractivity contribution in [3.63, 3.8) is 0 Å². The van der Waals surface area contributed by atoms with Crippen LogP contribution in [0.15, 0.2) is 40.4 Å². The number of amides is 2. The molecule has 3 aromatic rings. The fourth-order valence-electron chi connectivity index (χ4n) is 2.10. The van der Waals surface area contributed by atoms with Gasteiger partial charge in [0.05, 0.1) is 10.6 Å². The number of carbonyl (C=O) groups is 2. The molecule has 0 aliphatic heterocycles. The van der Waals surface area contributed by atoms with Crippen molar-refractivity contribution >= 4 is 40.3 Å². The lowest BCUT2D eigenvalue weighted by atomic mass is 10.2. The summed E-state index contributed by atoms with van der Waals surface area (Å²) in [6, 6.07) is 7.53. The van der Waals surface area contributed by atoms with Crippen LogP contribution in [0, 0.1) is 0 Å². The SMILES string of the molecule is O=C(CCCNC(=O)c1ccsc1)Nc1cc(-c2cccs2)[nH]n1. The highest BCUT2D eigenvalue weighted by Crippen LogP contribution is 2.24. The van der Waals surface area contributed by atoms with E-state index in [1.54, 1.807) is 22.8 Å². The van der Waals surface area contributed by atoms with Gasteiger partial charge in [-0.25, -0.2) is 0 Å². The zero-order valence-corrected chi connectivity index (χ0v) is 14.4. The molecule has 8 heteroatoms. The van der Waals surface area contributed by atoms with E-state index >= 15 is 0 Å². The van der Waals surface area contributed by atoms with Crippen LogP contribution in [-0.4, -0.2) is 28.6 Å². The van der Waals surface area contributed by atoms with Crippen molar-refractivity contribution in [1.29, 1.82) is 0 Å². The molecule has 0 fully saturated rings. The minimum atomic E-state index is -0.121. The Morgan fingerprint density at radius 1 is 1.25 bits per heavy atom. The first-order valence-electron chi connectivity index (χ1n) is 7.42. The van der Waals surface area contributed by atoms with Gasteiger partial charge in [-0.15, -0.1) is 11.3 Å². The van der Waals surface area contributed by atoms with Crippen LogP contribution < -0.4 is 10.6 Å². The van der Waals surface area contributed by atoms with Crippen LogP contribution in [0.4, 0.5) is 5.82 Å². The van der Waals surface area contributed by atoms with Crippen molar-refractivity contribution in [3.8, 4) is 10.6 Å². The van der Waals surface area contributed by atoms with Crippen molar-refractivity contribution in [2.45, 2.75) is 12.8 Å². The van der Waals surface area contributed by atoms with Gasteiger partial charge in [0.2, 0.25) is 5.91 Å². The maximum absolute atomic E-state index is 11.9. The van der Waals surface area contributed by atoms with Crippen molar-refractivity contribution in [1.82, 2.24) is 15.5 Å². The van der Waals surface area contributed by atoms with Gasteiger partial charge in [0.25, 0.3) is 5.91 Å². The fourth-order valence-corrected chi connectivity index (χ4v) is 3.42. The Morgan fingerprint density at radius 3 is 2.92 bits per heavy atom. The van der Waals surface area contributed by atoms with Gasteiger partial charge in [-0.1, -0.05) is 6.07 Å². The normalized spacial score (nSPS) is 10.5. The van der Waals surface area contributed by atoms with Crippen LogP contribution in [0.1, 0.15) is 23.2 Å². The van der Waals surface area contributed by atoms with E-state index in [0.717, 1.165) is 10.6 Å². The van der Waals surface area contributed by atoms with E-state index in [-0.39, 0.29) is 11.8 Å². The highest BCUT2D eigenvalue weighted by atomic mass is 32.1. The number of H-pyrrole nitrogens is 1. The van der Waals surface area contributed by atoms with Gasteiger partial charge in [-0.3, -0.25) is 14.7 Å². The minimum absolute atomic E-state index is 0.107. The maximum Gasteiger partial charge on any atom is 0.252 e. The van der Waals surface area contributed by atoms with E-state index in [1.165, 1.54) is 11.3 Å². The summed E-state index contributed by atoms with van der Waals surface area (Å²) in [6.07, 6.45) is 0.898. The first-order valence-corrected chi connectivity index (χ1v) is 9.24. The number of aromatic nitrogens is 2. The zero-order chi connectivity index (χ0) is 16.8. The highest BCUT2D eigenvalue weighted by Gasteiger charge is 2.09. The van der Waals surface area contributed by atoms with E-state index in [9.17, 15) is 9.59 Å². The molecule has 124 valence electrons. The number of rotatable bonds is 7. The molecule has 0 atom stereocenters. The Balaban J connectivity index is 1.39. The molecule has 0 radical (unpaired) electrons. The van der Waals surface area contributed by atoms with Crippen molar-refractivity contribution in [2.75, 3.05) is 11.9 Å². The summed E-state index contributed by atoms with van der Waals surface area (Å²) in [7, 11) is 0. The molecule has 2 amide bonds. The lowest BCUT2D eigenvalue weighted by Crippen LogP contribution is -2.25. The summed E-state index contributed by atoms with van der Waals surface area (Å²) in [5.41, 5.74) is 1.53. The quantitative estimate of drug-likeness (QED) is 0.565. The molecular formula is C16H16N4O2S2. The van der Waals surface area contributed by atoms with Crippen molar-refractivity contribution in [3.05, 3.63) is 46.0 Å². The molecule has 0 spiro atoms. The fraction of sp³-hybridized carbons (Fsp3) is 0.188. The minimum Gasteiger partial charge on any atom is -0.352 e. The molecule has 3 aromatic heterocycles. The summed E-state index contributed by atoms with van der Waals surface area (Å²) < 4.78 is 0. The molecular weight excluding hydrogens is 344 g/mol. The second kappa shape index (κ2) is 7.89. The predicted molar refractivity (Wildman–Crippen MR) is 96.4 cm³/mol. The average molecular weight is 360 g/mol. The van der Waals surface area contributed by atoms with Crippen LogP contribution in [0.5, 0.6) is 0 Å². The smallest absolute Gasteiger partial charge is 0.252 e. The van der Waals surface area contributed by atoms with Crippen LogP contribution >= 0.6 is 22.7 Å². The van der Waals surface area contributed by atoms with Crippen LogP contribution in [0.3, 0.4) is 0 Å². The Kier molecular flexibility index (Phi) is 5.39. The summed E-state index contributed by atoms with van der Waals surface area (Å²) in [4.78, 5) is 24.7. The Bertz CT molecular complexity index is 794.